The van der Waals surface area contributed by atoms with Crippen molar-refractivity contribution in [3.05, 3.63) is 0 Å². The van der Waals surface area contributed by atoms with Crippen LogP contribution in [0.4, 0.5) is 0 Å². The summed E-state index contributed by atoms with van der Waals surface area (Å²) in [5, 5.41) is 19.5. The van der Waals surface area contributed by atoms with Gasteiger partial charge in [0.05, 0.1) is 12.7 Å². The summed E-state index contributed by atoms with van der Waals surface area (Å²) in [4.78, 5) is 33.3. The van der Waals surface area contributed by atoms with Gasteiger partial charge in [-0.15, -0.1) is 0 Å². The molecule has 1 amide bonds. The average Bonchev–Trinajstić information content (AvgIpc) is 2.75. The van der Waals surface area contributed by atoms with Crippen molar-refractivity contribution in [3.8, 4) is 0 Å². The lowest BCUT2D eigenvalue weighted by Crippen LogP contribution is -2.51. The molecule has 1 fully saturated rings. The molecule has 0 saturated carbocycles. The van der Waals surface area contributed by atoms with E-state index in [-0.39, 0.29) is 13.0 Å². The van der Waals surface area contributed by atoms with Crippen LogP contribution in [0, 0.1) is 0 Å². The van der Waals surface area contributed by atoms with E-state index in [9.17, 15) is 22.8 Å². The van der Waals surface area contributed by atoms with Crippen LogP contribution in [-0.4, -0.2) is 65.7 Å². The molecule has 0 radical (unpaired) electrons. The van der Waals surface area contributed by atoms with E-state index in [1.165, 1.54) is 0 Å². The van der Waals surface area contributed by atoms with Gasteiger partial charge in [0, 0.05) is 6.54 Å². The summed E-state index contributed by atoms with van der Waals surface area (Å²) in [7, 11) is -3.57. The van der Waals surface area contributed by atoms with E-state index < -0.39 is 46.4 Å². The molecular formula is C10H16N2O7S. The van der Waals surface area contributed by atoms with Gasteiger partial charge in [-0.3, -0.25) is 9.59 Å². The fraction of sp³-hybridized carbons (Fsp3) is 0.700. The van der Waals surface area contributed by atoms with Crippen molar-refractivity contribution in [3.63, 3.8) is 0 Å². The standard InChI is InChI=1S/C10H16N2O7S/c1-20(18,19)12-4-2-3-7(12)9(15)11-6(10(16)17)5-8(13)14/h6-7H,2-5H2,1H3,(H,11,15)(H,13,14)(H,16,17)/t6-,7?/m1/s1. The predicted molar refractivity (Wildman–Crippen MR) is 66.4 cm³/mol. The molecule has 1 rings (SSSR count). The topological polar surface area (TPSA) is 141 Å². The second-order valence-corrected chi connectivity index (χ2v) is 6.46. The van der Waals surface area contributed by atoms with Gasteiger partial charge in [-0.05, 0) is 12.8 Å². The van der Waals surface area contributed by atoms with Gasteiger partial charge in [0.25, 0.3) is 0 Å². The minimum absolute atomic E-state index is 0.188. The number of aliphatic carboxylic acids is 2. The summed E-state index contributed by atoms with van der Waals surface area (Å²) in [6, 6.07) is -2.57. The Morgan fingerprint density at radius 1 is 1.35 bits per heavy atom. The first-order valence-corrected chi connectivity index (χ1v) is 7.69. The van der Waals surface area contributed by atoms with Gasteiger partial charge in [-0.2, -0.15) is 4.31 Å². The van der Waals surface area contributed by atoms with Crippen molar-refractivity contribution in [2.45, 2.75) is 31.3 Å². The van der Waals surface area contributed by atoms with Crippen LogP contribution in [0.5, 0.6) is 0 Å². The molecule has 3 N–H and O–H groups in total. The van der Waals surface area contributed by atoms with Crippen LogP contribution in [0.25, 0.3) is 0 Å². The summed E-state index contributed by atoms with van der Waals surface area (Å²) in [5.41, 5.74) is 0. The van der Waals surface area contributed by atoms with E-state index in [0.717, 1.165) is 10.6 Å². The van der Waals surface area contributed by atoms with Crippen molar-refractivity contribution < 1.29 is 33.0 Å². The maximum Gasteiger partial charge on any atom is 0.326 e. The molecule has 0 aromatic heterocycles. The molecule has 114 valence electrons. The fourth-order valence-electron chi connectivity index (χ4n) is 2.04. The minimum atomic E-state index is -3.57. The van der Waals surface area contributed by atoms with Crippen LogP contribution in [-0.2, 0) is 24.4 Å². The minimum Gasteiger partial charge on any atom is -0.481 e. The summed E-state index contributed by atoms with van der Waals surface area (Å²) >= 11 is 0. The highest BCUT2D eigenvalue weighted by Crippen LogP contribution is 2.20. The van der Waals surface area contributed by atoms with Gasteiger partial charge in [0.1, 0.15) is 12.1 Å². The predicted octanol–water partition coefficient (Wildman–Crippen LogP) is -1.55. The summed E-state index contributed by atoms with van der Waals surface area (Å²) in [6.07, 6.45) is 0.956. The highest BCUT2D eigenvalue weighted by atomic mass is 32.2. The number of carboxylic acid groups (broad SMARTS) is 2. The molecule has 1 unspecified atom stereocenters. The van der Waals surface area contributed by atoms with E-state index >= 15 is 0 Å². The fourth-order valence-corrected chi connectivity index (χ4v) is 3.17. The zero-order valence-electron chi connectivity index (χ0n) is 10.8. The van der Waals surface area contributed by atoms with Gasteiger partial charge in [-0.25, -0.2) is 13.2 Å². The van der Waals surface area contributed by atoms with Crippen LogP contribution < -0.4 is 5.32 Å². The number of carboxylic acids is 2. The Hall–Kier alpha value is -1.68. The van der Waals surface area contributed by atoms with E-state index in [2.05, 4.69) is 5.32 Å². The summed E-state index contributed by atoms with van der Waals surface area (Å²) in [6.45, 7) is 0.188. The molecule has 9 nitrogen and oxygen atoms in total. The maximum absolute atomic E-state index is 11.9. The first-order valence-electron chi connectivity index (χ1n) is 5.84. The largest absolute Gasteiger partial charge is 0.481 e. The van der Waals surface area contributed by atoms with E-state index in [1.54, 1.807) is 0 Å². The number of nitrogens with one attached hydrogen (secondary N) is 1. The lowest BCUT2D eigenvalue weighted by atomic mass is 10.1. The van der Waals surface area contributed by atoms with Gasteiger partial charge in [0.2, 0.25) is 15.9 Å². The second-order valence-electron chi connectivity index (χ2n) is 4.53. The van der Waals surface area contributed by atoms with Gasteiger partial charge < -0.3 is 15.5 Å². The number of amides is 1. The van der Waals surface area contributed by atoms with Crippen molar-refractivity contribution in [2.75, 3.05) is 12.8 Å². The smallest absolute Gasteiger partial charge is 0.326 e. The molecule has 10 heteroatoms. The first kappa shape index (κ1) is 16.4. The Kier molecular flexibility index (Phi) is 5.06. The molecule has 0 spiro atoms. The zero-order valence-corrected chi connectivity index (χ0v) is 11.6. The van der Waals surface area contributed by atoms with Gasteiger partial charge in [0.15, 0.2) is 0 Å². The number of nitrogens with zero attached hydrogens (tertiary/aromatic N) is 1. The third-order valence-electron chi connectivity index (χ3n) is 2.93. The van der Waals surface area contributed by atoms with Crippen LogP contribution in [0.2, 0.25) is 0 Å². The lowest BCUT2D eigenvalue weighted by molar-refractivity contribution is -0.147. The van der Waals surface area contributed by atoms with Gasteiger partial charge in [-0.1, -0.05) is 0 Å². The van der Waals surface area contributed by atoms with E-state index in [0.29, 0.717) is 6.42 Å². The monoisotopic (exact) mass is 308 g/mol. The van der Waals surface area contributed by atoms with Gasteiger partial charge >= 0.3 is 11.9 Å². The number of hydrogen-bond acceptors (Lipinski definition) is 5. The number of hydrogen-bond donors (Lipinski definition) is 3. The summed E-state index contributed by atoms with van der Waals surface area (Å²) < 4.78 is 24.0. The molecule has 1 saturated heterocycles. The Balaban J connectivity index is 2.78. The van der Waals surface area contributed by atoms with Crippen LogP contribution in [0.3, 0.4) is 0 Å². The average molecular weight is 308 g/mol. The van der Waals surface area contributed by atoms with Crippen molar-refractivity contribution >= 4 is 27.9 Å². The van der Waals surface area contributed by atoms with Crippen LogP contribution in [0.1, 0.15) is 19.3 Å². The Labute approximate surface area is 115 Å². The molecule has 20 heavy (non-hydrogen) atoms. The van der Waals surface area contributed by atoms with Crippen molar-refractivity contribution in [2.24, 2.45) is 0 Å². The Morgan fingerprint density at radius 3 is 2.40 bits per heavy atom. The Bertz CT molecular complexity index is 516. The number of rotatable bonds is 6. The lowest BCUT2D eigenvalue weighted by Gasteiger charge is -2.23. The van der Waals surface area contributed by atoms with E-state index in [1.807, 2.05) is 0 Å². The molecule has 0 aromatic carbocycles. The quantitative estimate of drug-likeness (QED) is 0.539. The molecule has 2 atom stereocenters. The number of carbonyl (C=O) groups excluding carboxylic acids is 1. The molecule has 1 heterocycles. The highest BCUT2D eigenvalue weighted by Gasteiger charge is 2.38. The molecule has 0 aromatic rings. The maximum atomic E-state index is 11.9. The third kappa shape index (κ3) is 4.17. The second kappa shape index (κ2) is 6.18. The van der Waals surface area contributed by atoms with Crippen molar-refractivity contribution in [1.29, 1.82) is 0 Å². The summed E-state index contributed by atoms with van der Waals surface area (Å²) in [5.74, 6) is -3.64. The highest BCUT2D eigenvalue weighted by molar-refractivity contribution is 7.88. The van der Waals surface area contributed by atoms with Crippen molar-refractivity contribution in [1.82, 2.24) is 9.62 Å². The number of carbonyl (C=O) groups is 3. The van der Waals surface area contributed by atoms with Crippen LogP contribution in [0.15, 0.2) is 0 Å². The Morgan fingerprint density at radius 2 is 1.95 bits per heavy atom. The van der Waals surface area contributed by atoms with Crippen LogP contribution >= 0.6 is 0 Å². The molecule has 1 aliphatic heterocycles. The number of sulfonamides is 1. The first-order chi connectivity index (χ1) is 9.12. The molecule has 1 aliphatic rings. The molecular weight excluding hydrogens is 292 g/mol. The van der Waals surface area contributed by atoms with E-state index in [4.69, 9.17) is 10.2 Å². The normalized spacial score (nSPS) is 21.4. The molecule has 0 aliphatic carbocycles. The third-order valence-corrected chi connectivity index (χ3v) is 4.21. The zero-order chi connectivity index (χ0) is 15.5. The SMILES string of the molecule is CS(=O)(=O)N1CCCC1C(=O)N[C@H](CC(=O)O)C(=O)O. The molecule has 0 bridgehead atoms.